The molecule has 2 N–H and O–H groups in total. The Morgan fingerprint density at radius 1 is 1.29 bits per heavy atom. The van der Waals surface area contributed by atoms with E-state index in [1.165, 1.54) is 11.1 Å². The summed E-state index contributed by atoms with van der Waals surface area (Å²) in [6, 6.07) is 8.70. The average molecular weight is 234 g/mol. The van der Waals surface area contributed by atoms with Crippen molar-refractivity contribution in [2.24, 2.45) is 0 Å². The third-order valence-corrected chi connectivity index (χ3v) is 2.56. The first-order valence-electron chi connectivity index (χ1n) is 6.08. The van der Waals surface area contributed by atoms with Crippen LogP contribution in [-0.2, 0) is 4.79 Å². The monoisotopic (exact) mass is 234 g/mol. The molecule has 3 nitrogen and oxygen atoms in total. The Hall–Kier alpha value is -1.35. The van der Waals surface area contributed by atoms with E-state index >= 15 is 0 Å². The van der Waals surface area contributed by atoms with Crippen LogP contribution >= 0.6 is 0 Å². The number of carbonyl (C=O) groups excluding carboxylic acids is 1. The van der Waals surface area contributed by atoms with E-state index in [2.05, 4.69) is 42.7 Å². The summed E-state index contributed by atoms with van der Waals surface area (Å²) in [6.45, 7) is 8.41. The van der Waals surface area contributed by atoms with Crippen LogP contribution in [0, 0.1) is 6.92 Å². The van der Waals surface area contributed by atoms with Gasteiger partial charge in [-0.3, -0.25) is 4.79 Å². The van der Waals surface area contributed by atoms with Crippen molar-refractivity contribution >= 4 is 5.91 Å². The van der Waals surface area contributed by atoms with E-state index in [-0.39, 0.29) is 18.0 Å². The number of amides is 1. The molecular weight excluding hydrogens is 212 g/mol. The molecule has 1 aromatic rings. The van der Waals surface area contributed by atoms with Crippen LogP contribution in [0.1, 0.15) is 37.9 Å². The number of nitrogens with one attached hydrogen (secondary N) is 2. The van der Waals surface area contributed by atoms with Crippen LogP contribution in [0.15, 0.2) is 24.3 Å². The van der Waals surface area contributed by atoms with Gasteiger partial charge in [0.25, 0.3) is 0 Å². The zero-order valence-corrected chi connectivity index (χ0v) is 11.1. The van der Waals surface area contributed by atoms with Gasteiger partial charge in [0.15, 0.2) is 0 Å². The van der Waals surface area contributed by atoms with Gasteiger partial charge in [0.2, 0.25) is 5.91 Å². The summed E-state index contributed by atoms with van der Waals surface area (Å²) in [7, 11) is 0. The van der Waals surface area contributed by atoms with Gasteiger partial charge >= 0.3 is 0 Å². The van der Waals surface area contributed by atoms with Gasteiger partial charge < -0.3 is 10.6 Å². The molecule has 0 unspecified atom stereocenters. The number of aryl methyl sites for hydroxylation is 1. The van der Waals surface area contributed by atoms with Crippen molar-refractivity contribution in [2.75, 3.05) is 6.54 Å². The maximum absolute atomic E-state index is 11.5. The average Bonchev–Trinajstić information content (AvgIpc) is 2.25. The summed E-state index contributed by atoms with van der Waals surface area (Å²) in [6.07, 6.45) is 0. The second-order valence-electron chi connectivity index (χ2n) is 4.74. The van der Waals surface area contributed by atoms with Crippen LogP contribution in [0.3, 0.4) is 0 Å². The molecule has 0 radical (unpaired) electrons. The lowest BCUT2D eigenvalue weighted by Crippen LogP contribution is -2.38. The molecule has 1 aromatic carbocycles. The molecule has 0 aliphatic rings. The SMILES string of the molecule is Cc1cccc([C@@H](C)NCC(=O)NC(C)C)c1. The molecule has 0 fully saturated rings. The molecule has 0 aliphatic carbocycles. The summed E-state index contributed by atoms with van der Waals surface area (Å²) in [5, 5.41) is 6.08. The predicted octanol–water partition coefficient (Wildman–Crippen LogP) is 2.17. The maximum atomic E-state index is 11.5. The molecule has 0 spiro atoms. The third-order valence-electron chi connectivity index (χ3n) is 2.56. The highest BCUT2D eigenvalue weighted by Gasteiger charge is 2.08. The van der Waals surface area contributed by atoms with E-state index in [0.717, 1.165) is 0 Å². The Bertz CT molecular complexity index is 374. The van der Waals surface area contributed by atoms with E-state index in [1.807, 2.05) is 19.9 Å². The highest BCUT2D eigenvalue weighted by Crippen LogP contribution is 2.13. The van der Waals surface area contributed by atoms with Crippen molar-refractivity contribution in [3.8, 4) is 0 Å². The number of rotatable bonds is 5. The fraction of sp³-hybridized carbons (Fsp3) is 0.500. The second-order valence-corrected chi connectivity index (χ2v) is 4.74. The first kappa shape index (κ1) is 13.7. The van der Waals surface area contributed by atoms with Crippen molar-refractivity contribution in [2.45, 2.75) is 39.8 Å². The Labute approximate surface area is 104 Å². The first-order chi connectivity index (χ1) is 7.99. The third kappa shape index (κ3) is 5.00. The molecule has 0 aromatic heterocycles. The minimum atomic E-state index is 0.0412. The minimum Gasteiger partial charge on any atom is -0.353 e. The molecule has 0 saturated heterocycles. The summed E-state index contributed by atoms with van der Waals surface area (Å²) in [5.41, 5.74) is 2.45. The quantitative estimate of drug-likeness (QED) is 0.820. The molecule has 0 aliphatic heterocycles. The van der Waals surface area contributed by atoms with Gasteiger partial charge in [0, 0.05) is 12.1 Å². The van der Waals surface area contributed by atoms with Crippen molar-refractivity contribution in [3.05, 3.63) is 35.4 Å². The molecule has 0 heterocycles. The molecule has 1 rings (SSSR count). The van der Waals surface area contributed by atoms with Crippen molar-refractivity contribution in [3.63, 3.8) is 0 Å². The fourth-order valence-corrected chi connectivity index (χ4v) is 1.68. The van der Waals surface area contributed by atoms with Gasteiger partial charge in [0.1, 0.15) is 0 Å². The number of hydrogen-bond acceptors (Lipinski definition) is 2. The second kappa shape index (κ2) is 6.40. The lowest BCUT2D eigenvalue weighted by atomic mass is 10.1. The summed E-state index contributed by atoms with van der Waals surface area (Å²) < 4.78 is 0. The molecule has 1 atom stereocenters. The summed E-state index contributed by atoms with van der Waals surface area (Å²) >= 11 is 0. The standard InChI is InChI=1S/C14H22N2O/c1-10(2)16-14(17)9-15-12(4)13-7-5-6-11(3)8-13/h5-8,10,12,15H,9H2,1-4H3,(H,16,17)/t12-/m1/s1. The van der Waals surface area contributed by atoms with Gasteiger partial charge in [-0.05, 0) is 33.3 Å². The van der Waals surface area contributed by atoms with Gasteiger partial charge in [-0.15, -0.1) is 0 Å². The molecule has 3 heteroatoms. The Kier molecular flexibility index (Phi) is 5.16. The minimum absolute atomic E-state index is 0.0412. The van der Waals surface area contributed by atoms with Gasteiger partial charge in [-0.1, -0.05) is 29.8 Å². The maximum Gasteiger partial charge on any atom is 0.234 e. The smallest absolute Gasteiger partial charge is 0.234 e. The fourth-order valence-electron chi connectivity index (χ4n) is 1.68. The van der Waals surface area contributed by atoms with E-state index in [9.17, 15) is 4.79 Å². The van der Waals surface area contributed by atoms with E-state index in [0.29, 0.717) is 6.54 Å². The number of benzene rings is 1. The van der Waals surface area contributed by atoms with Crippen LogP contribution in [-0.4, -0.2) is 18.5 Å². The predicted molar refractivity (Wildman–Crippen MR) is 70.9 cm³/mol. The zero-order valence-electron chi connectivity index (χ0n) is 11.1. The number of carbonyl (C=O) groups is 1. The molecule has 0 bridgehead atoms. The van der Waals surface area contributed by atoms with E-state index in [4.69, 9.17) is 0 Å². The molecule has 0 saturated carbocycles. The highest BCUT2D eigenvalue weighted by atomic mass is 16.1. The Balaban J connectivity index is 2.44. The molecular formula is C14H22N2O. The molecule has 94 valence electrons. The van der Waals surface area contributed by atoms with Crippen molar-refractivity contribution in [1.82, 2.24) is 10.6 Å². The van der Waals surface area contributed by atoms with E-state index in [1.54, 1.807) is 0 Å². The largest absolute Gasteiger partial charge is 0.353 e. The van der Waals surface area contributed by atoms with Crippen LogP contribution in [0.2, 0.25) is 0 Å². The summed E-state index contributed by atoms with van der Waals surface area (Å²) in [5.74, 6) is 0.0412. The van der Waals surface area contributed by atoms with Crippen LogP contribution in [0.25, 0.3) is 0 Å². The zero-order chi connectivity index (χ0) is 12.8. The number of hydrogen-bond donors (Lipinski definition) is 2. The highest BCUT2D eigenvalue weighted by molar-refractivity contribution is 5.78. The van der Waals surface area contributed by atoms with Gasteiger partial charge in [0.05, 0.1) is 6.54 Å². The normalized spacial score (nSPS) is 12.5. The topological polar surface area (TPSA) is 41.1 Å². The Morgan fingerprint density at radius 3 is 2.59 bits per heavy atom. The lowest BCUT2D eigenvalue weighted by molar-refractivity contribution is -0.120. The van der Waals surface area contributed by atoms with Crippen LogP contribution < -0.4 is 10.6 Å². The lowest BCUT2D eigenvalue weighted by Gasteiger charge is -2.15. The first-order valence-corrected chi connectivity index (χ1v) is 6.08. The van der Waals surface area contributed by atoms with Crippen LogP contribution in [0.4, 0.5) is 0 Å². The van der Waals surface area contributed by atoms with Gasteiger partial charge in [-0.25, -0.2) is 0 Å². The Morgan fingerprint density at radius 2 is 2.00 bits per heavy atom. The molecule has 17 heavy (non-hydrogen) atoms. The van der Waals surface area contributed by atoms with E-state index < -0.39 is 0 Å². The molecule has 1 amide bonds. The van der Waals surface area contributed by atoms with Crippen molar-refractivity contribution < 1.29 is 4.79 Å². The van der Waals surface area contributed by atoms with Gasteiger partial charge in [-0.2, -0.15) is 0 Å². The van der Waals surface area contributed by atoms with Crippen molar-refractivity contribution in [1.29, 1.82) is 0 Å². The summed E-state index contributed by atoms with van der Waals surface area (Å²) in [4.78, 5) is 11.5. The van der Waals surface area contributed by atoms with Crippen LogP contribution in [0.5, 0.6) is 0 Å².